The largest absolute Gasteiger partial charge is 0.772 e. The number of nitrogens with zero attached hydrogens (tertiary/aromatic N) is 1. The molecule has 31 heavy (non-hydrogen) atoms. The van der Waals surface area contributed by atoms with Crippen LogP contribution >= 0.6 is 0 Å². The number of hydrogen-bond acceptors (Lipinski definition) is 6. The first-order chi connectivity index (χ1) is 14.9. The molecular weight excluding hydrogens is 419 g/mol. The van der Waals surface area contributed by atoms with Crippen LogP contribution in [0.4, 0.5) is 10.1 Å². The fourth-order valence-corrected chi connectivity index (χ4v) is 3.37. The quantitative estimate of drug-likeness (QED) is 0.397. The number of pyridine rings is 1. The van der Waals surface area contributed by atoms with Crippen LogP contribution in [0.25, 0.3) is 0 Å². The van der Waals surface area contributed by atoms with Gasteiger partial charge in [-0.1, -0.05) is 54.4 Å². The van der Waals surface area contributed by atoms with E-state index in [2.05, 4.69) is 10.3 Å². The molecule has 1 aromatic heterocycles. The van der Waals surface area contributed by atoms with Crippen LogP contribution in [0.5, 0.6) is 5.88 Å². The molecule has 0 saturated heterocycles. The van der Waals surface area contributed by atoms with E-state index in [0.29, 0.717) is 24.2 Å². The lowest BCUT2D eigenvalue weighted by atomic mass is 10.1. The Morgan fingerprint density at radius 2 is 1.71 bits per heavy atom. The molecule has 3 rings (SSSR count). The summed E-state index contributed by atoms with van der Waals surface area (Å²) in [6.07, 6.45) is 2.40. The highest BCUT2D eigenvalue weighted by Gasteiger charge is 2.12. The highest BCUT2D eigenvalue weighted by molar-refractivity contribution is 7.78. The Labute approximate surface area is 182 Å². The predicted octanol–water partition coefficient (Wildman–Crippen LogP) is 4.12. The summed E-state index contributed by atoms with van der Waals surface area (Å²) in [5.41, 5.74) is 4.00. The molecule has 0 aliphatic carbocycles. The molecule has 0 aliphatic rings. The van der Waals surface area contributed by atoms with Gasteiger partial charge in [0.25, 0.3) is 0 Å². The van der Waals surface area contributed by atoms with Gasteiger partial charge in [0.15, 0.2) is 0 Å². The van der Waals surface area contributed by atoms with Crippen LogP contribution in [0.2, 0.25) is 0 Å². The summed E-state index contributed by atoms with van der Waals surface area (Å²) < 4.78 is 40.1. The van der Waals surface area contributed by atoms with Crippen molar-refractivity contribution in [3.63, 3.8) is 0 Å². The van der Waals surface area contributed by atoms with Crippen molar-refractivity contribution in [3.8, 4) is 5.88 Å². The second-order valence-corrected chi connectivity index (χ2v) is 7.84. The fourth-order valence-electron chi connectivity index (χ4n) is 2.90. The number of esters is 1. The highest BCUT2D eigenvalue weighted by Crippen LogP contribution is 2.25. The first-order valence-electron chi connectivity index (χ1n) is 9.74. The molecule has 1 unspecified atom stereocenters. The van der Waals surface area contributed by atoms with Crippen LogP contribution in [-0.4, -0.2) is 19.7 Å². The van der Waals surface area contributed by atoms with Crippen LogP contribution in [0, 0.1) is 5.82 Å². The lowest BCUT2D eigenvalue weighted by Crippen LogP contribution is -2.10. The van der Waals surface area contributed by atoms with E-state index < -0.39 is 17.0 Å². The molecule has 0 bridgehead atoms. The SMILES string of the molecule is CCC(=O)Oc1ncc(Cc2ccc(F)cc2)cc1NCc1ccc(CS(=O)[O-])cc1. The van der Waals surface area contributed by atoms with Gasteiger partial charge >= 0.3 is 5.97 Å². The van der Waals surface area contributed by atoms with E-state index in [9.17, 15) is 17.9 Å². The zero-order valence-corrected chi connectivity index (χ0v) is 17.8. The third-order valence-electron chi connectivity index (χ3n) is 4.52. The molecule has 3 aromatic rings. The number of anilines is 1. The van der Waals surface area contributed by atoms with Crippen molar-refractivity contribution in [1.82, 2.24) is 4.98 Å². The number of hydrogen-bond donors (Lipinski definition) is 1. The van der Waals surface area contributed by atoms with Gasteiger partial charge < -0.3 is 14.6 Å². The summed E-state index contributed by atoms with van der Waals surface area (Å²) in [7, 11) is 0. The number of ether oxygens (including phenoxy) is 1. The lowest BCUT2D eigenvalue weighted by molar-refractivity contribution is -0.134. The van der Waals surface area contributed by atoms with Gasteiger partial charge in [-0.05, 0) is 46.9 Å². The number of carbonyl (C=O) groups is 1. The first kappa shape index (κ1) is 22.6. The molecule has 1 heterocycles. The number of halogens is 1. The molecule has 0 spiro atoms. The Balaban J connectivity index is 1.76. The number of aromatic nitrogens is 1. The van der Waals surface area contributed by atoms with Crippen LogP contribution in [0.3, 0.4) is 0 Å². The van der Waals surface area contributed by atoms with Crippen molar-refractivity contribution in [3.05, 3.63) is 88.9 Å². The van der Waals surface area contributed by atoms with E-state index >= 15 is 0 Å². The number of benzene rings is 2. The Hall–Kier alpha value is -3.10. The molecule has 1 atom stereocenters. The van der Waals surface area contributed by atoms with E-state index in [-0.39, 0.29) is 23.9 Å². The van der Waals surface area contributed by atoms with E-state index in [1.807, 2.05) is 18.2 Å². The van der Waals surface area contributed by atoms with Crippen molar-refractivity contribution in [2.75, 3.05) is 5.32 Å². The van der Waals surface area contributed by atoms with Gasteiger partial charge in [-0.2, -0.15) is 0 Å². The predicted molar refractivity (Wildman–Crippen MR) is 116 cm³/mol. The maximum Gasteiger partial charge on any atom is 0.312 e. The van der Waals surface area contributed by atoms with E-state index in [1.54, 1.807) is 37.4 Å². The molecule has 0 amide bonds. The summed E-state index contributed by atoms with van der Waals surface area (Å²) in [6.45, 7) is 2.13. The minimum Gasteiger partial charge on any atom is -0.772 e. The Bertz CT molecular complexity index is 1060. The van der Waals surface area contributed by atoms with Crippen molar-refractivity contribution >= 4 is 22.7 Å². The van der Waals surface area contributed by atoms with Gasteiger partial charge in [-0.25, -0.2) is 9.37 Å². The molecule has 0 fully saturated rings. The van der Waals surface area contributed by atoms with Gasteiger partial charge in [0.2, 0.25) is 5.88 Å². The summed E-state index contributed by atoms with van der Waals surface area (Å²) in [4.78, 5) is 16.1. The van der Waals surface area contributed by atoms with Crippen molar-refractivity contribution in [2.45, 2.75) is 32.1 Å². The summed E-state index contributed by atoms with van der Waals surface area (Å²) >= 11 is -2.13. The van der Waals surface area contributed by atoms with Crippen molar-refractivity contribution in [2.24, 2.45) is 0 Å². The molecule has 0 saturated carbocycles. The van der Waals surface area contributed by atoms with Crippen LogP contribution in [0.1, 0.15) is 35.6 Å². The van der Waals surface area contributed by atoms with Gasteiger partial charge in [0.05, 0.1) is 5.69 Å². The second kappa shape index (κ2) is 10.8. The number of carbonyl (C=O) groups excluding carboxylic acids is 1. The maximum absolute atomic E-state index is 13.1. The zero-order valence-electron chi connectivity index (χ0n) is 17.0. The van der Waals surface area contributed by atoms with Crippen LogP contribution < -0.4 is 10.1 Å². The number of rotatable bonds is 9. The smallest absolute Gasteiger partial charge is 0.312 e. The van der Waals surface area contributed by atoms with Crippen molar-refractivity contribution < 1.29 is 22.7 Å². The van der Waals surface area contributed by atoms with Crippen LogP contribution in [-0.2, 0) is 34.6 Å². The van der Waals surface area contributed by atoms with E-state index in [4.69, 9.17) is 4.74 Å². The summed E-state index contributed by atoms with van der Waals surface area (Å²) in [5, 5.41) is 3.23. The molecule has 0 aliphatic heterocycles. The van der Waals surface area contributed by atoms with Gasteiger partial charge in [-0.15, -0.1) is 0 Å². The Morgan fingerprint density at radius 3 is 2.35 bits per heavy atom. The van der Waals surface area contributed by atoms with Gasteiger partial charge in [-0.3, -0.25) is 9.00 Å². The first-order valence-corrected chi connectivity index (χ1v) is 11.0. The average molecular weight is 442 g/mol. The molecule has 1 N–H and O–H groups in total. The number of nitrogens with one attached hydrogen (secondary N) is 1. The fraction of sp³-hybridized carbons (Fsp3) is 0.217. The Kier molecular flexibility index (Phi) is 7.86. The standard InChI is InChI=1S/C23H23FN2O4S/c1-2-22(27)30-23-21(25-13-17-3-5-18(6-4-17)15-31(28)29)12-19(14-26-23)11-16-7-9-20(24)10-8-16/h3-10,12,14,25H,2,11,13,15H2,1H3,(H,28,29)/p-1. The normalized spacial score (nSPS) is 11.7. The Morgan fingerprint density at radius 1 is 1.06 bits per heavy atom. The minimum absolute atomic E-state index is 0.0276. The zero-order chi connectivity index (χ0) is 22.2. The maximum atomic E-state index is 13.1. The molecule has 6 nitrogen and oxygen atoms in total. The second-order valence-electron chi connectivity index (χ2n) is 6.95. The average Bonchev–Trinajstić information content (AvgIpc) is 2.76. The molecule has 8 heteroatoms. The summed E-state index contributed by atoms with van der Waals surface area (Å²) in [6, 6.07) is 15.3. The topological polar surface area (TPSA) is 91.3 Å². The molecule has 2 aromatic carbocycles. The molecular formula is C23H22FN2O4S-. The minimum atomic E-state index is -2.13. The van der Waals surface area contributed by atoms with E-state index in [0.717, 1.165) is 16.7 Å². The van der Waals surface area contributed by atoms with E-state index in [1.165, 1.54) is 12.1 Å². The van der Waals surface area contributed by atoms with Crippen molar-refractivity contribution in [1.29, 1.82) is 0 Å². The van der Waals surface area contributed by atoms with Gasteiger partial charge in [0, 0.05) is 24.9 Å². The molecule has 0 radical (unpaired) electrons. The molecule has 162 valence electrons. The third kappa shape index (κ3) is 6.97. The highest BCUT2D eigenvalue weighted by atomic mass is 32.2. The van der Waals surface area contributed by atoms with Gasteiger partial charge in [0.1, 0.15) is 5.82 Å². The monoisotopic (exact) mass is 441 g/mol. The summed E-state index contributed by atoms with van der Waals surface area (Å²) in [5.74, 6) is -0.524. The van der Waals surface area contributed by atoms with Crippen LogP contribution in [0.15, 0.2) is 60.8 Å². The lowest BCUT2D eigenvalue weighted by Gasteiger charge is -2.13. The third-order valence-corrected chi connectivity index (χ3v) is 5.09.